The Labute approximate surface area is 126 Å². The van der Waals surface area contributed by atoms with Gasteiger partial charge < -0.3 is 9.32 Å². The van der Waals surface area contributed by atoms with Gasteiger partial charge in [-0.15, -0.1) is 11.3 Å². The molecule has 2 heterocycles. The Kier molecular flexibility index (Phi) is 3.83. The molecule has 0 atom stereocenters. The lowest BCUT2D eigenvalue weighted by atomic mass is 10.3. The maximum Gasteiger partial charge on any atom is 0.246 e. The maximum absolute atomic E-state index is 12.0. The van der Waals surface area contributed by atoms with Crippen LogP contribution in [0.3, 0.4) is 0 Å². The fourth-order valence-corrected chi connectivity index (χ4v) is 2.70. The summed E-state index contributed by atoms with van der Waals surface area (Å²) in [5.41, 5.74) is 1.51. The van der Waals surface area contributed by atoms with E-state index in [9.17, 15) is 4.79 Å². The summed E-state index contributed by atoms with van der Waals surface area (Å²) in [6, 6.07) is 11.5. The summed E-state index contributed by atoms with van der Waals surface area (Å²) in [7, 11) is 1.78. The normalized spacial score (nSPS) is 11.3. The van der Waals surface area contributed by atoms with Gasteiger partial charge in [0.1, 0.15) is 5.52 Å². The quantitative estimate of drug-likeness (QED) is 0.692. The molecular formula is C16H14N2O2S. The van der Waals surface area contributed by atoms with Crippen molar-refractivity contribution in [2.24, 2.45) is 0 Å². The van der Waals surface area contributed by atoms with Crippen LogP contribution in [0.25, 0.3) is 17.2 Å². The summed E-state index contributed by atoms with van der Waals surface area (Å²) in [6.45, 7) is 0.606. The monoisotopic (exact) mass is 298 g/mol. The second-order valence-corrected chi connectivity index (χ2v) is 5.66. The van der Waals surface area contributed by atoms with Gasteiger partial charge >= 0.3 is 0 Å². The van der Waals surface area contributed by atoms with E-state index in [0.29, 0.717) is 12.4 Å². The van der Waals surface area contributed by atoms with Crippen molar-refractivity contribution in [2.45, 2.75) is 6.54 Å². The van der Waals surface area contributed by atoms with Crippen LogP contribution in [0.2, 0.25) is 0 Å². The minimum absolute atomic E-state index is 0.0781. The summed E-state index contributed by atoms with van der Waals surface area (Å²) in [5.74, 6) is 0.361. The number of carbonyl (C=O) groups excluding carboxylic acids is 1. The highest BCUT2D eigenvalue weighted by Crippen LogP contribution is 2.16. The number of thiophene rings is 1. The van der Waals surface area contributed by atoms with E-state index in [1.54, 1.807) is 29.4 Å². The number of rotatable bonds is 4. The van der Waals surface area contributed by atoms with Crippen molar-refractivity contribution in [3.8, 4) is 0 Å². The number of likely N-dealkylation sites (N-methyl/N-ethyl adjacent to an activating group) is 1. The molecule has 1 amide bonds. The molecule has 2 aromatic heterocycles. The molecule has 0 aliphatic rings. The molecule has 0 N–H and O–H groups in total. The van der Waals surface area contributed by atoms with Crippen molar-refractivity contribution in [3.05, 3.63) is 58.6 Å². The van der Waals surface area contributed by atoms with Gasteiger partial charge in [-0.25, -0.2) is 4.98 Å². The SMILES string of the molecule is CN(Cc1cccs1)C(=O)/C=C/c1nc2ccccc2o1. The lowest BCUT2D eigenvalue weighted by Crippen LogP contribution is -2.23. The molecule has 0 spiro atoms. The molecule has 0 saturated heterocycles. The number of benzene rings is 1. The smallest absolute Gasteiger partial charge is 0.246 e. The van der Waals surface area contributed by atoms with Gasteiger partial charge in [0.25, 0.3) is 0 Å². The van der Waals surface area contributed by atoms with E-state index in [0.717, 1.165) is 16.0 Å². The number of nitrogens with zero attached hydrogens (tertiary/aromatic N) is 2. The zero-order chi connectivity index (χ0) is 14.7. The van der Waals surface area contributed by atoms with Crippen LogP contribution in [-0.4, -0.2) is 22.8 Å². The number of carbonyl (C=O) groups is 1. The van der Waals surface area contributed by atoms with Crippen molar-refractivity contribution >= 4 is 34.4 Å². The van der Waals surface area contributed by atoms with E-state index < -0.39 is 0 Å². The average Bonchev–Trinajstić information content (AvgIpc) is 3.13. The van der Waals surface area contributed by atoms with Crippen molar-refractivity contribution in [1.82, 2.24) is 9.88 Å². The van der Waals surface area contributed by atoms with Crippen molar-refractivity contribution in [3.63, 3.8) is 0 Å². The molecule has 5 heteroatoms. The number of hydrogen-bond donors (Lipinski definition) is 0. The van der Waals surface area contributed by atoms with Crippen molar-refractivity contribution in [2.75, 3.05) is 7.05 Å². The average molecular weight is 298 g/mol. The van der Waals surface area contributed by atoms with Gasteiger partial charge in [-0.2, -0.15) is 0 Å². The number of amides is 1. The fourth-order valence-electron chi connectivity index (χ4n) is 1.95. The predicted molar refractivity (Wildman–Crippen MR) is 83.8 cm³/mol. The van der Waals surface area contributed by atoms with E-state index in [2.05, 4.69) is 4.98 Å². The van der Waals surface area contributed by atoms with Crippen LogP contribution in [0, 0.1) is 0 Å². The zero-order valence-corrected chi connectivity index (χ0v) is 12.3. The Morgan fingerprint density at radius 3 is 2.95 bits per heavy atom. The van der Waals surface area contributed by atoms with Gasteiger partial charge in [0.05, 0.1) is 6.54 Å². The molecule has 3 aromatic rings. The minimum Gasteiger partial charge on any atom is -0.437 e. The molecule has 0 saturated carbocycles. The van der Waals surface area contributed by atoms with Crippen LogP contribution >= 0.6 is 11.3 Å². The van der Waals surface area contributed by atoms with Gasteiger partial charge in [-0.3, -0.25) is 4.79 Å². The second kappa shape index (κ2) is 5.93. The molecular weight excluding hydrogens is 284 g/mol. The summed E-state index contributed by atoms with van der Waals surface area (Å²) in [4.78, 5) is 19.1. The van der Waals surface area contributed by atoms with Crippen molar-refractivity contribution < 1.29 is 9.21 Å². The number of hydrogen-bond acceptors (Lipinski definition) is 4. The number of fused-ring (bicyclic) bond motifs is 1. The van der Waals surface area contributed by atoms with E-state index in [1.807, 2.05) is 41.8 Å². The molecule has 1 aromatic carbocycles. The molecule has 0 unspecified atom stereocenters. The van der Waals surface area contributed by atoms with Crippen LogP contribution < -0.4 is 0 Å². The fraction of sp³-hybridized carbons (Fsp3) is 0.125. The Balaban J connectivity index is 1.68. The molecule has 0 aliphatic heterocycles. The van der Waals surface area contributed by atoms with Crippen LogP contribution in [-0.2, 0) is 11.3 Å². The highest BCUT2D eigenvalue weighted by atomic mass is 32.1. The first-order valence-corrected chi connectivity index (χ1v) is 7.41. The van der Waals surface area contributed by atoms with E-state index in [4.69, 9.17) is 4.42 Å². The largest absolute Gasteiger partial charge is 0.437 e. The minimum atomic E-state index is -0.0781. The standard InChI is InChI=1S/C16H14N2O2S/c1-18(11-12-5-4-10-21-12)16(19)9-8-15-17-13-6-2-3-7-14(13)20-15/h2-10H,11H2,1H3/b9-8+. The van der Waals surface area contributed by atoms with Crippen molar-refractivity contribution in [1.29, 1.82) is 0 Å². The molecule has 106 valence electrons. The molecule has 3 rings (SSSR count). The lowest BCUT2D eigenvalue weighted by Gasteiger charge is -2.13. The Morgan fingerprint density at radius 2 is 2.19 bits per heavy atom. The molecule has 0 fully saturated rings. The molecule has 0 bridgehead atoms. The highest BCUT2D eigenvalue weighted by Gasteiger charge is 2.07. The van der Waals surface area contributed by atoms with E-state index in [1.165, 1.54) is 6.08 Å². The van der Waals surface area contributed by atoms with Gasteiger partial charge in [0.15, 0.2) is 5.58 Å². The maximum atomic E-state index is 12.0. The Morgan fingerprint density at radius 1 is 1.33 bits per heavy atom. The highest BCUT2D eigenvalue weighted by molar-refractivity contribution is 7.09. The van der Waals surface area contributed by atoms with E-state index >= 15 is 0 Å². The summed E-state index contributed by atoms with van der Waals surface area (Å²) in [6.07, 6.45) is 3.09. The van der Waals surface area contributed by atoms with Crippen LogP contribution in [0.5, 0.6) is 0 Å². The number of aromatic nitrogens is 1. The molecule has 0 radical (unpaired) electrons. The first-order chi connectivity index (χ1) is 10.2. The van der Waals surface area contributed by atoms with Crippen LogP contribution in [0.4, 0.5) is 0 Å². The summed E-state index contributed by atoms with van der Waals surface area (Å²) < 4.78 is 5.54. The third-order valence-electron chi connectivity index (χ3n) is 3.03. The number of oxazole rings is 1. The predicted octanol–water partition coefficient (Wildman–Crippen LogP) is 3.56. The first-order valence-electron chi connectivity index (χ1n) is 6.53. The van der Waals surface area contributed by atoms with Gasteiger partial charge in [-0.1, -0.05) is 18.2 Å². The topological polar surface area (TPSA) is 46.3 Å². The van der Waals surface area contributed by atoms with Gasteiger partial charge in [0.2, 0.25) is 11.8 Å². The Hall–Kier alpha value is -2.40. The second-order valence-electron chi connectivity index (χ2n) is 4.63. The zero-order valence-electron chi connectivity index (χ0n) is 11.5. The third kappa shape index (κ3) is 3.20. The molecule has 0 aliphatic carbocycles. The van der Waals surface area contributed by atoms with E-state index in [-0.39, 0.29) is 5.91 Å². The van der Waals surface area contributed by atoms with Gasteiger partial charge in [-0.05, 0) is 23.6 Å². The van der Waals surface area contributed by atoms with Crippen LogP contribution in [0.15, 0.2) is 52.3 Å². The Bertz CT molecular complexity index is 742. The lowest BCUT2D eigenvalue weighted by molar-refractivity contribution is -0.125. The third-order valence-corrected chi connectivity index (χ3v) is 3.89. The number of para-hydroxylation sites is 2. The van der Waals surface area contributed by atoms with Crippen LogP contribution in [0.1, 0.15) is 10.8 Å². The summed E-state index contributed by atoms with van der Waals surface area (Å²) in [5, 5.41) is 2.00. The van der Waals surface area contributed by atoms with Gasteiger partial charge in [0, 0.05) is 24.1 Å². The molecule has 4 nitrogen and oxygen atoms in total. The molecule has 21 heavy (non-hydrogen) atoms. The first kappa shape index (κ1) is 13.6. The summed E-state index contributed by atoms with van der Waals surface area (Å²) >= 11 is 1.64.